The van der Waals surface area contributed by atoms with E-state index in [1.807, 2.05) is 17.8 Å². The summed E-state index contributed by atoms with van der Waals surface area (Å²) in [5.41, 5.74) is 5.43. The van der Waals surface area contributed by atoms with Crippen LogP contribution in [0.15, 0.2) is 42.6 Å². The maximum Gasteiger partial charge on any atom is 0.203 e. The van der Waals surface area contributed by atoms with E-state index in [9.17, 15) is 5.11 Å². The third kappa shape index (κ3) is 3.24. The number of aryl methyl sites for hydroxylation is 2. The molecule has 0 amide bonds. The average molecular weight is 342 g/mol. The van der Waals surface area contributed by atoms with Crippen molar-refractivity contribution in [2.24, 2.45) is 7.05 Å². The van der Waals surface area contributed by atoms with Crippen molar-refractivity contribution in [1.29, 1.82) is 0 Å². The van der Waals surface area contributed by atoms with Gasteiger partial charge in [0.1, 0.15) is 5.75 Å². The quantitative estimate of drug-likeness (QED) is 0.724. The van der Waals surface area contributed by atoms with Crippen LogP contribution in [0.3, 0.4) is 0 Å². The molecule has 0 bridgehead atoms. The van der Waals surface area contributed by atoms with Gasteiger partial charge in [-0.2, -0.15) is 0 Å². The Bertz CT molecular complexity index is 886. The van der Waals surface area contributed by atoms with Crippen LogP contribution < -0.4 is 5.32 Å². The lowest BCUT2D eigenvalue weighted by atomic mass is 10.0. The monoisotopic (exact) mass is 341 g/mol. The number of aromatic hydroxyl groups is 1. The number of imidazole rings is 1. The first-order valence-electron chi connectivity index (χ1n) is 7.76. The highest BCUT2D eigenvalue weighted by Gasteiger charge is 2.10. The van der Waals surface area contributed by atoms with Gasteiger partial charge >= 0.3 is 0 Å². The number of phenols is 1. The van der Waals surface area contributed by atoms with Gasteiger partial charge < -0.3 is 15.0 Å². The van der Waals surface area contributed by atoms with E-state index in [1.54, 1.807) is 18.2 Å². The summed E-state index contributed by atoms with van der Waals surface area (Å²) in [5.74, 6) is 0.957. The topological polar surface area (TPSA) is 50.1 Å². The van der Waals surface area contributed by atoms with Crippen LogP contribution in [0.25, 0.3) is 11.3 Å². The summed E-state index contributed by atoms with van der Waals surface area (Å²) in [6, 6.07) is 11.4. The van der Waals surface area contributed by atoms with Crippen molar-refractivity contribution >= 4 is 17.5 Å². The summed E-state index contributed by atoms with van der Waals surface area (Å²) in [5, 5.41) is 13.7. The fourth-order valence-corrected chi connectivity index (χ4v) is 2.81. The SMILES string of the molecule is Cc1ccc(-c2cnc(NCc3cc(Cl)ccc3O)n2C)cc1C. The predicted octanol–water partition coefficient (Wildman–Crippen LogP) is 4.68. The van der Waals surface area contributed by atoms with Gasteiger partial charge in [0.25, 0.3) is 0 Å². The molecular formula is C19H20ClN3O. The van der Waals surface area contributed by atoms with Crippen LogP contribution in [0, 0.1) is 13.8 Å². The largest absolute Gasteiger partial charge is 0.508 e. The van der Waals surface area contributed by atoms with Crippen LogP contribution in [-0.2, 0) is 13.6 Å². The van der Waals surface area contributed by atoms with Crippen LogP contribution in [0.5, 0.6) is 5.75 Å². The van der Waals surface area contributed by atoms with Gasteiger partial charge in [-0.25, -0.2) is 4.98 Å². The molecule has 1 heterocycles. The fraction of sp³-hybridized carbons (Fsp3) is 0.211. The van der Waals surface area contributed by atoms with Crippen molar-refractivity contribution in [3.05, 3.63) is 64.3 Å². The van der Waals surface area contributed by atoms with Gasteiger partial charge in [-0.15, -0.1) is 0 Å². The molecule has 0 unspecified atom stereocenters. The molecule has 2 N–H and O–H groups in total. The molecule has 1 aromatic heterocycles. The third-order valence-electron chi connectivity index (χ3n) is 4.27. The van der Waals surface area contributed by atoms with Gasteiger partial charge in [-0.1, -0.05) is 23.7 Å². The Kier molecular flexibility index (Phi) is 4.49. The molecule has 0 aliphatic heterocycles. The van der Waals surface area contributed by atoms with Crippen molar-refractivity contribution in [3.8, 4) is 17.0 Å². The van der Waals surface area contributed by atoms with E-state index in [-0.39, 0.29) is 5.75 Å². The van der Waals surface area contributed by atoms with E-state index in [2.05, 4.69) is 42.3 Å². The van der Waals surface area contributed by atoms with Crippen LogP contribution in [-0.4, -0.2) is 14.7 Å². The number of phenolic OH excluding ortho intramolecular Hbond substituents is 1. The Labute approximate surface area is 146 Å². The molecule has 0 aliphatic carbocycles. The van der Waals surface area contributed by atoms with Gasteiger partial charge in [0.05, 0.1) is 11.9 Å². The number of benzene rings is 2. The smallest absolute Gasteiger partial charge is 0.203 e. The first-order valence-corrected chi connectivity index (χ1v) is 8.14. The number of rotatable bonds is 4. The van der Waals surface area contributed by atoms with Gasteiger partial charge in [0.2, 0.25) is 5.95 Å². The highest BCUT2D eigenvalue weighted by molar-refractivity contribution is 6.30. The average Bonchev–Trinajstić information content (AvgIpc) is 2.92. The standard InChI is InChI=1S/C19H20ClN3O/c1-12-4-5-14(8-13(12)2)17-11-22-19(23(17)3)21-10-15-9-16(20)6-7-18(15)24/h4-9,11,24H,10H2,1-3H3,(H,21,22). The van der Waals surface area contributed by atoms with E-state index in [0.29, 0.717) is 11.6 Å². The summed E-state index contributed by atoms with van der Waals surface area (Å²) in [6.07, 6.45) is 1.85. The second-order valence-corrected chi connectivity index (χ2v) is 6.39. The van der Waals surface area contributed by atoms with E-state index in [1.165, 1.54) is 11.1 Å². The summed E-state index contributed by atoms with van der Waals surface area (Å²) < 4.78 is 2.01. The van der Waals surface area contributed by atoms with Crippen LogP contribution in [0.4, 0.5) is 5.95 Å². The number of halogens is 1. The molecule has 4 nitrogen and oxygen atoms in total. The summed E-state index contributed by atoms with van der Waals surface area (Å²) in [6.45, 7) is 4.66. The minimum absolute atomic E-state index is 0.218. The number of anilines is 1. The minimum Gasteiger partial charge on any atom is -0.508 e. The van der Waals surface area contributed by atoms with Gasteiger partial charge in [0, 0.05) is 29.7 Å². The van der Waals surface area contributed by atoms with E-state index in [0.717, 1.165) is 22.8 Å². The van der Waals surface area contributed by atoms with Crippen LogP contribution in [0.1, 0.15) is 16.7 Å². The number of nitrogens with one attached hydrogen (secondary N) is 1. The molecule has 0 radical (unpaired) electrons. The molecule has 0 aliphatic rings. The summed E-state index contributed by atoms with van der Waals surface area (Å²) >= 11 is 5.98. The first-order chi connectivity index (χ1) is 11.5. The zero-order valence-electron chi connectivity index (χ0n) is 14.0. The van der Waals surface area contributed by atoms with Gasteiger partial charge in [-0.05, 0) is 49.2 Å². The molecule has 0 saturated heterocycles. The fourth-order valence-electron chi connectivity index (χ4n) is 2.61. The second-order valence-electron chi connectivity index (χ2n) is 5.95. The molecular weight excluding hydrogens is 322 g/mol. The lowest BCUT2D eigenvalue weighted by Crippen LogP contribution is -2.06. The lowest BCUT2D eigenvalue weighted by molar-refractivity contribution is 0.469. The molecule has 2 aromatic carbocycles. The van der Waals surface area contributed by atoms with Crippen molar-refractivity contribution in [2.45, 2.75) is 20.4 Å². The number of hydrogen-bond acceptors (Lipinski definition) is 3. The van der Waals surface area contributed by atoms with E-state index in [4.69, 9.17) is 11.6 Å². The molecule has 24 heavy (non-hydrogen) atoms. The van der Waals surface area contributed by atoms with Crippen molar-refractivity contribution < 1.29 is 5.11 Å². The Morgan fingerprint density at radius 3 is 2.67 bits per heavy atom. The summed E-state index contributed by atoms with van der Waals surface area (Å²) in [4.78, 5) is 4.45. The molecule has 5 heteroatoms. The van der Waals surface area contributed by atoms with Crippen molar-refractivity contribution in [3.63, 3.8) is 0 Å². The first kappa shape index (κ1) is 16.4. The maximum atomic E-state index is 9.90. The summed E-state index contributed by atoms with van der Waals surface area (Å²) in [7, 11) is 1.97. The number of aromatic nitrogens is 2. The molecule has 124 valence electrons. The van der Waals surface area contributed by atoms with Gasteiger partial charge in [0.15, 0.2) is 0 Å². The Morgan fingerprint density at radius 2 is 1.92 bits per heavy atom. The van der Waals surface area contributed by atoms with E-state index < -0.39 is 0 Å². The van der Waals surface area contributed by atoms with Gasteiger partial charge in [-0.3, -0.25) is 0 Å². The molecule has 3 aromatic rings. The Morgan fingerprint density at radius 1 is 1.12 bits per heavy atom. The van der Waals surface area contributed by atoms with Crippen molar-refractivity contribution in [2.75, 3.05) is 5.32 Å². The van der Waals surface area contributed by atoms with E-state index >= 15 is 0 Å². The highest BCUT2D eigenvalue weighted by atomic mass is 35.5. The Balaban J connectivity index is 1.82. The van der Waals surface area contributed by atoms with Crippen LogP contribution in [0.2, 0.25) is 5.02 Å². The molecule has 0 atom stereocenters. The van der Waals surface area contributed by atoms with Crippen molar-refractivity contribution in [1.82, 2.24) is 9.55 Å². The third-order valence-corrected chi connectivity index (χ3v) is 4.50. The number of hydrogen-bond donors (Lipinski definition) is 2. The maximum absolute atomic E-state index is 9.90. The molecule has 3 rings (SSSR count). The van der Waals surface area contributed by atoms with Crippen LogP contribution >= 0.6 is 11.6 Å². The molecule has 0 fully saturated rings. The predicted molar refractivity (Wildman–Crippen MR) is 98.6 cm³/mol. The normalized spacial score (nSPS) is 10.8. The second kappa shape index (κ2) is 6.57. The zero-order chi connectivity index (χ0) is 17.3. The Hall–Kier alpha value is -2.46. The zero-order valence-corrected chi connectivity index (χ0v) is 14.7. The molecule has 0 spiro atoms. The lowest BCUT2D eigenvalue weighted by Gasteiger charge is -2.10. The molecule has 0 saturated carbocycles. The minimum atomic E-state index is 0.218. The number of nitrogens with zero attached hydrogens (tertiary/aromatic N) is 2. The highest BCUT2D eigenvalue weighted by Crippen LogP contribution is 2.26.